The van der Waals surface area contributed by atoms with Crippen molar-refractivity contribution in [3.8, 4) is 0 Å². The molecule has 2 aromatic rings. The molecule has 0 radical (unpaired) electrons. The van der Waals surface area contributed by atoms with E-state index in [-0.39, 0.29) is 5.91 Å². The first-order valence-corrected chi connectivity index (χ1v) is 6.81. The summed E-state index contributed by atoms with van der Waals surface area (Å²) in [4.78, 5) is 11.7. The Morgan fingerprint density at radius 3 is 2.58 bits per heavy atom. The van der Waals surface area contributed by atoms with Crippen LogP contribution in [0.2, 0.25) is 5.02 Å². The lowest BCUT2D eigenvalue weighted by Gasteiger charge is -2.03. The smallest absolute Gasteiger partial charge is 0.248 e. The van der Waals surface area contributed by atoms with Crippen LogP contribution in [-0.2, 0) is 4.79 Å². The van der Waals surface area contributed by atoms with Gasteiger partial charge in [0.1, 0.15) is 0 Å². The molecule has 19 heavy (non-hydrogen) atoms. The zero-order valence-corrected chi connectivity index (χ0v) is 12.3. The number of rotatable bonds is 3. The van der Waals surface area contributed by atoms with Gasteiger partial charge in [0.15, 0.2) is 0 Å². The van der Waals surface area contributed by atoms with Crippen molar-refractivity contribution < 1.29 is 4.79 Å². The Kier molecular flexibility index (Phi) is 4.77. The molecule has 2 rings (SSSR count). The van der Waals surface area contributed by atoms with Gasteiger partial charge >= 0.3 is 0 Å². The van der Waals surface area contributed by atoms with Crippen LogP contribution in [0, 0.1) is 0 Å². The average Bonchev–Trinajstić information content (AvgIpc) is 2.42. The Labute approximate surface area is 125 Å². The molecule has 96 valence electrons. The summed E-state index contributed by atoms with van der Waals surface area (Å²) in [6.07, 6.45) is 3.26. The average molecular weight is 337 g/mol. The summed E-state index contributed by atoms with van der Waals surface area (Å²) in [5, 5.41) is 3.37. The van der Waals surface area contributed by atoms with Gasteiger partial charge in [-0.05, 0) is 45.8 Å². The first kappa shape index (κ1) is 13.8. The fraction of sp³-hybridized carbons (Fsp3) is 0. The lowest BCUT2D eigenvalue weighted by molar-refractivity contribution is -0.111. The molecule has 0 aromatic heterocycles. The second-order valence-electron chi connectivity index (χ2n) is 3.86. The second-order valence-corrected chi connectivity index (χ2v) is 5.12. The molecular formula is C15H11BrClNO. The maximum Gasteiger partial charge on any atom is 0.248 e. The number of halogens is 2. The third-order valence-electron chi connectivity index (χ3n) is 2.41. The van der Waals surface area contributed by atoms with E-state index in [1.807, 2.05) is 30.3 Å². The van der Waals surface area contributed by atoms with Crippen LogP contribution < -0.4 is 5.32 Å². The number of hydrogen-bond donors (Lipinski definition) is 1. The summed E-state index contributed by atoms with van der Waals surface area (Å²) in [5.74, 6) is -0.182. The molecular weight excluding hydrogens is 326 g/mol. The Hall–Kier alpha value is -1.58. The molecule has 2 nitrogen and oxygen atoms in total. The van der Waals surface area contributed by atoms with E-state index in [4.69, 9.17) is 11.6 Å². The molecule has 0 saturated heterocycles. The van der Waals surface area contributed by atoms with Crippen molar-refractivity contribution in [3.05, 3.63) is 69.7 Å². The monoisotopic (exact) mass is 335 g/mol. The van der Waals surface area contributed by atoms with E-state index in [2.05, 4.69) is 21.2 Å². The predicted octanol–water partition coefficient (Wildman–Crippen LogP) is 4.75. The van der Waals surface area contributed by atoms with Crippen LogP contribution in [0.4, 0.5) is 5.69 Å². The number of benzene rings is 2. The van der Waals surface area contributed by atoms with E-state index in [1.54, 1.807) is 24.3 Å². The van der Waals surface area contributed by atoms with Crippen LogP contribution in [-0.4, -0.2) is 5.91 Å². The summed E-state index contributed by atoms with van der Waals surface area (Å²) in [6.45, 7) is 0. The summed E-state index contributed by atoms with van der Waals surface area (Å²) in [5.41, 5.74) is 1.67. The summed E-state index contributed by atoms with van der Waals surface area (Å²) >= 11 is 9.20. The number of carbonyl (C=O) groups excluding carboxylic acids is 1. The minimum atomic E-state index is -0.182. The second kappa shape index (κ2) is 6.55. The Morgan fingerprint density at radius 2 is 1.89 bits per heavy atom. The van der Waals surface area contributed by atoms with Gasteiger partial charge in [-0.15, -0.1) is 0 Å². The van der Waals surface area contributed by atoms with Crippen molar-refractivity contribution in [1.82, 2.24) is 0 Å². The SMILES string of the molecule is O=C(C=Cc1ccccc1)Nc1ccc(Cl)c(Br)c1. The van der Waals surface area contributed by atoms with Gasteiger partial charge in [0.2, 0.25) is 5.91 Å². The number of amides is 1. The maximum atomic E-state index is 11.7. The topological polar surface area (TPSA) is 29.1 Å². The summed E-state index contributed by atoms with van der Waals surface area (Å²) < 4.78 is 0.749. The van der Waals surface area contributed by atoms with Crippen LogP contribution in [0.3, 0.4) is 0 Å². The zero-order chi connectivity index (χ0) is 13.7. The van der Waals surface area contributed by atoms with Gasteiger partial charge in [-0.1, -0.05) is 41.9 Å². The van der Waals surface area contributed by atoms with Gasteiger partial charge in [0.25, 0.3) is 0 Å². The highest BCUT2D eigenvalue weighted by Crippen LogP contribution is 2.25. The Morgan fingerprint density at radius 1 is 1.16 bits per heavy atom. The lowest BCUT2D eigenvalue weighted by Crippen LogP contribution is -2.07. The number of hydrogen-bond acceptors (Lipinski definition) is 1. The molecule has 0 aliphatic carbocycles. The van der Waals surface area contributed by atoms with E-state index in [9.17, 15) is 4.79 Å². The van der Waals surface area contributed by atoms with E-state index in [0.29, 0.717) is 10.7 Å². The highest BCUT2D eigenvalue weighted by atomic mass is 79.9. The quantitative estimate of drug-likeness (QED) is 0.805. The van der Waals surface area contributed by atoms with Crippen LogP contribution in [0.1, 0.15) is 5.56 Å². The molecule has 0 aliphatic rings. The third-order valence-corrected chi connectivity index (χ3v) is 3.63. The van der Waals surface area contributed by atoms with Gasteiger partial charge < -0.3 is 5.32 Å². The first-order valence-electron chi connectivity index (χ1n) is 5.64. The molecule has 2 aromatic carbocycles. The van der Waals surface area contributed by atoms with Crippen LogP contribution >= 0.6 is 27.5 Å². The fourth-order valence-electron chi connectivity index (χ4n) is 1.49. The molecule has 4 heteroatoms. The highest BCUT2D eigenvalue weighted by molar-refractivity contribution is 9.10. The maximum absolute atomic E-state index is 11.7. The molecule has 0 spiro atoms. The molecule has 1 N–H and O–H groups in total. The van der Waals surface area contributed by atoms with Crippen LogP contribution in [0.25, 0.3) is 6.08 Å². The fourth-order valence-corrected chi connectivity index (χ4v) is 1.99. The number of nitrogens with one attached hydrogen (secondary N) is 1. The lowest BCUT2D eigenvalue weighted by atomic mass is 10.2. The third kappa shape index (κ3) is 4.23. The van der Waals surface area contributed by atoms with Crippen molar-refractivity contribution >= 4 is 45.2 Å². The minimum absolute atomic E-state index is 0.182. The summed E-state index contributed by atoms with van der Waals surface area (Å²) in [7, 11) is 0. The van der Waals surface area contributed by atoms with Crippen LogP contribution in [0.5, 0.6) is 0 Å². The molecule has 0 bridgehead atoms. The molecule has 0 heterocycles. The Balaban J connectivity index is 2.01. The van der Waals surface area contributed by atoms with Gasteiger partial charge in [-0.2, -0.15) is 0 Å². The minimum Gasteiger partial charge on any atom is -0.322 e. The predicted molar refractivity (Wildman–Crippen MR) is 83.3 cm³/mol. The molecule has 0 unspecified atom stereocenters. The normalized spacial score (nSPS) is 10.6. The molecule has 0 aliphatic heterocycles. The van der Waals surface area contributed by atoms with Gasteiger partial charge in [-0.25, -0.2) is 0 Å². The van der Waals surface area contributed by atoms with E-state index < -0.39 is 0 Å². The molecule has 0 atom stereocenters. The van der Waals surface area contributed by atoms with Crippen molar-refractivity contribution in [2.75, 3.05) is 5.32 Å². The number of anilines is 1. The van der Waals surface area contributed by atoms with Crippen molar-refractivity contribution in [3.63, 3.8) is 0 Å². The zero-order valence-electron chi connectivity index (χ0n) is 9.94. The summed E-state index contributed by atoms with van der Waals surface area (Å²) in [6, 6.07) is 14.9. The van der Waals surface area contributed by atoms with E-state index in [0.717, 1.165) is 10.0 Å². The molecule has 0 fully saturated rings. The van der Waals surface area contributed by atoms with Crippen molar-refractivity contribution in [1.29, 1.82) is 0 Å². The van der Waals surface area contributed by atoms with E-state index in [1.165, 1.54) is 6.08 Å². The standard InChI is InChI=1S/C15H11BrClNO/c16-13-10-12(7-8-14(13)17)18-15(19)9-6-11-4-2-1-3-5-11/h1-10H,(H,18,19). The Bertz CT molecular complexity index is 611. The largest absolute Gasteiger partial charge is 0.322 e. The molecule has 0 saturated carbocycles. The highest BCUT2D eigenvalue weighted by Gasteiger charge is 2.01. The number of carbonyl (C=O) groups is 1. The van der Waals surface area contributed by atoms with Crippen molar-refractivity contribution in [2.45, 2.75) is 0 Å². The molecule has 1 amide bonds. The van der Waals surface area contributed by atoms with Crippen LogP contribution in [0.15, 0.2) is 59.1 Å². The van der Waals surface area contributed by atoms with Gasteiger partial charge in [-0.3, -0.25) is 4.79 Å². The van der Waals surface area contributed by atoms with Gasteiger partial charge in [0.05, 0.1) is 5.02 Å². The van der Waals surface area contributed by atoms with Crippen molar-refractivity contribution in [2.24, 2.45) is 0 Å². The first-order chi connectivity index (χ1) is 9.15. The van der Waals surface area contributed by atoms with E-state index >= 15 is 0 Å². The van der Waals surface area contributed by atoms with Gasteiger partial charge in [0, 0.05) is 16.2 Å².